The zero-order valence-electron chi connectivity index (χ0n) is 12.3. The summed E-state index contributed by atoms with van der Waals surface area (Å²) in [4.78, 5) is 0. The van der Waals surface area contributed by atoms with Crippen LogP contribution in [0.5, 0.6) is 5.75 Å². The second-order valence-corrected chi connectivity index (χ2v) is 5.19. The summed E-state index contributed by atoms with van der Waals surface area (Å²) in [6.45, 7) is 5.84. The van der Waals surface area contributed by atoms with Crippen molar-refractivity contribution in [1.82, 2.24) is 0 Å². The van der Waals surface area contributed by atoms with Gasteiger partial charge in [0, 0.05) is 17.2 Å². The molecule has 0 radical (unpaired) electrons. The Hall–Kier alpha value is -1.87. The SMILES string of the molecule is COc1cc(C)cc(C)c1-c1cc(C(C)N)ccc1F. The quantitative estimate of drug-likeness (QED) is 0.912. The summed E-state index contributed by atoms with van der Waals surface area (Å²) in [5, 5.41) is 0. The topological polar surface area (TPSA) is 35.2 Å². The molecule has 0 aliphatic heterocycles. The average Bonchev–Trinajstić information content (AvgIpc) is 2.38. The van der Waals surface area contributed by atoms with Crippen molar-refractivity contribution in [2.75, 3.05) is 7.11 Å². The number of ether oxygens (including phenoxy) is 1. The third-order valence-corrected chi connectivity index (χ3v) is 3.45. The molecule has 0 aromatic heterocycles. The van der Waals surface area contributed by atoms with Gasteiger partial charge >= 0.3 is 0 Å². The number of rotatable bonds is 3. The van der Waals surface area contributed by atoms with Crippen LogP contribution in [0.1, 0.15) is 29.7 Å². The van der Waals surface area contributed by atoms with Gasteiger partial charge in [-0.15, -0.1) is 0 Å². The molecule has 3 heteroatoms. The lowest BCUT2D eigenvalue weighted by molar-refractivity contribution is 0.415. The lowest BCUT2D eigenvalue weighted by atomic mass is 9.94. The number of hydrogen-bond donors (Lipinski definition) is 1. The fourth-order valence-corrected chi connectivity index (χ4v) is 2.45. The first-order valence-electron chi connectivity index (χ1n) is 6.64. The minimum atomic E-state index is -0.264. The Labute approximate surface area is 119 Å². The first-order valence-corrected chi connectivity index (χ1v) is 6.64. The van der Waals surface area contributed by atoms with Gasteiger partial charge in [-0.25, -0.2) is 4.39 Å². The van der Waals surface area contributed by atoms with E-state index in [-0.39, 0.29) is 11.9 Å². The first kappa shape index (κ1) is 14.5. The molecule has 0 aliphatic rings. The predicted molar refractivity (Wildman–Crippen MR) is 80.5 cm³/mol. The van der Waals surface area contributed by atoms with E-state index in [1.165, 1.54) is 6.07 Å². The molecular weight excluding hydrogens is 253 g/mol. The van der Waals surface area contributed by atoms with E-state index >= 15 is 0 Å². The van der Waals surface area contributed by atoms with Gasteiger partial charge in [-0.1, -0.05) is 12.1 Å². The summed E-state index contributed by atoms with van der Waals surface area (Å²) < 4.78 is 19.6. The van der Waals surface area contributed by atoms with Crippen LogP contribution in [0.4, 0.5) is 4.39 Å². The van der Waals surface area contributed by atoms with Crippen LogP contribution in [-0.4, -0.2) is 7.11 Å². The molecule has 2 N–H and O–H groups in total. The Balaban J connectivity index is 2.70. The average molecular weight is 273 g/mol. The number of hydrogen-bond acceptors (Lipinski definition) is 2. The molecule has 2 rings (SSSR count). The van der Waals surface area contributed by atoms with Crippen LogP contribution in [0.25, 0.3) is 11.1 Å². The molecule has 1 atom stereocenters. The van der Waals surface area contributed by atoms with Crippen molar-refractivity contribution < 1.29 is 9.13 Å². The molecule has 0 saturated heterocycles. The van der Waals surface area contributed by atoms with Crippen LogP contribution in [-0.2, 0) is 0 Å². The smallest absolute Gasteiger partial charge is 0.131 e. The second kappa shape index (κ2) is 5.63. The highest BCUT2D eigenvalue weighted by Gasteiger charge is 2.15. The Kier molecular flexibility index (Phi) is 4.09. The van der Waals surface area contributed by atoms with Gasteiger partial charge < -0.3 is 10.5 Å². The maximum atomic E-state index is 14.2. The maximum absolute atomic E-state index is 14.2. The van der Waals surface area contributed by atoms with E-state index in [9.17, 15) is 4.39 Å². The van der Waals surface area contributed by atoms with Gasteiger partial charge in [-0.2, -0.15) is 0 Å². The monoisotopic (exact) mass is 273 g/mol. The first-order chi connectivity index (χ1) is 9.43. The van der Waals surface area contributed by atoms with Gasteiger partial charge in [0.1, 0.15) is 11.6 Å². The Morgan fingerprint density at radius 1 is 1.15 bits per heavy atom. The molecule has 0 amide bonds. The molecule has 2 aromatic carbocycles. The van der Waals surface area contributed by atoms with Crippen molar-refractivity contribution in [2.24, 2.45) is 5.73 Å². The zero-order chi connectivity index (χ0) is 14.9. The predicted octanol–water partition coefficient (Wildman–Crippen LogP) is 4.14. The molecule has 0 saturated carbocycles. The van der Waals surface area contributed by atoms with Crippen molar-refractivity contribution in [3.05, 3.63) is 52.8 Å². The largest absolute Gasteiger partial charge is 0.496 e. The molecule has 0 fully saturated rings. The second-order valence-electron chi connectivity index (χ2n) is 5.19. The fourth-order valence-electron chi connectivity index (χ4n) is 2.45. The highest BCUT2D eigenvalue weighted by molar-refractivity contribution is 5.75. The Morgan fingerprint density at radius 3 is 2.45 bits per heavy atom. The van der Waals surface area contributed by atoms with Crippen LogP contribution in [0.3, 0.4) is 0 Å². The van der Waals surface area contributed by atoms with Crippen LogP contribution in [0, 0.1) is 19.7 Å². The van der Waals surface area contributed by atoms with Crippen LogP contribution < -0.4 is 10.5 Å². The van der Waals surface area contributed by atoms with E-state index in [1.54, 1.807) is 19.2 Å². The molecule has 106 valence electrons. The number of aryl methyl sites for hydroxylation is 2. The Morgan fingerprint density at radius 2 is 1.85 bits per heavy atom. The third kappa shape index (κ3) is 2.68. The van der Waals surface area contributed by atoms with E-state index in [4.69, 9.17) is 10.5 Å². The molecule has 0 heterocycles. The van der Waals surface area contributed by atoms with Gasteiger partial charge in [0.05, 0.1) is 7.11 Å². The maximum Gasteiger partial charge on any atom is 0.131 e. The lowest BCUT2D eigenvalue weighted by Crippen LogP contribution is -2.05. The zero-order valence-corrected chi connectivity index (χ0v) is 12.3. The van der Waals surface area contributed by atoms with Crippen molar-refractivity contribution in [2.45, 2.75) is 26.8 Å². The highest BCUT2D eigenvalue weighted by Crippen LogP contribution is 2.36. The lowest BCUT2D eigenvalue weighted by Gasteiger charge is -2.16. The van der Waals surface area contributed by atoms with Crippen molar-refractivity contribution in [3.63, 3.8) is 0 Å². The molecule has 20 heavy (non-hydrogen) atoms. The number of methoxy groups -OCH3 is 1. The van der Waals surface area contributed by atoms with Gasteiger partial charge in [-0.05, 0) is 55.7 Å². The van der Waals surface area contributed by atoms with E-state index < -0.39 is 0 Å². The summed E-state index contributed by atoms with van der Waals surface area (Å²) in [6.07, 6.45) is 0. The summed E-state index contributed by atoms with van der Waals surface area (Å²) in [5.41, 5.74) is 10.2. The van der Waals surface area contributed by atoms with Gasteiger partial charge in [0.2, 0.25) is 0 Å². The minimum absolute atomic E-state index is 0.133. The van der Waals surface area contributed by atoms with Crippen molar-refractivity contribution in [3.8, 4) is 16.9 Å². The summed E-state index contributed by atoms with van der Waals surface area (Å²) in [6, 6.07) is 8.80. The third-order valence-electron chi connectivity index (χ3n) is 3.45. The van der Waals surface area contributed by atoms with Crippen LogP contribution >= 0.6 is 0 Å². The Bertz CT molecular complexity index is 635. The number of halogens is 1. The fraction of sp³-hybridized carbons (Fsp3) is 0.294. The molecule has 0 aliphatic carbocycles. The summed E-state index contributed by atoms with van der Waals surface area (Å²) in [5.74, 6) is 0.419. The number of nitrogens with two attached hydrogens (primary N) is 1. The van der Waals surface area contributed by atoms with Gasteiger partial charge in [0.15, 0.2) is 0 Å². The molecule has 1 unspecified atom stereocenters. The van der Waals surface area contributed by atoms with Crippen molar-refractivity contribution in [1.29, 1.82) is 0 Å². The van der Waals surface area contributed by atoms with E-state index in [2.05, 4.69) is 0 Å². The van der Waals surface area contributed by atoms with E-state index in [0.717, 1.165) is 22.3 Å². The summed E-state index contributed by atoms with van der Waals surface area (Å²) in [7, 11) is 1.60. The minimum Gasteiger partial charge on any atom is -0.496 e. The molecule has 0 bridgehead atoms. The normalized spacial score (nSPS) is 12.3. The van der Waals surface area contributed by atoms with Gasteiger partial charge in [-0.3, -0.25) is 0 Å². The molecule has 2 nitrogen and oxygen atoms in total. The van der Waals surface area contributed by atoms with Crippen molar-refractivity contribution >= 4 is 0 Å². The molecular formula is C17H20FNO. The highest BCUT2D eigenvalue weighted by atomic mass is 19.1. The molecule has 0 spiro atoms. The van der Waals surface area contributed by atoms with Crippen LogP contribution in [0.2, 0.25) is 0 Å². The summed E-state index contributed by atoms with van der Waals surface area (Å²) >= 11 is 0. The van der Waals surface area contributed by atoms with Gasteiger partial charge in [0.25, 0.3) is 0 Å². The van der Waals surface area contributed by atoms with E-state index in [1.807, 2.05) is 32.9 Å². The van der Waals surface area contributed by atoms with Crippen LogP contribution in [0.15, 0.2) is 30.3 Å². The molecule has 2 aromatic rings. The standard InChI is InChI=1S/C17H20FNO/c1-10-7-11(2)17(16(8-10)20-4)14-9-13(12(3)19)5-6-15(14)18/h5-9,12H,19H2,1-4H3. The van der Waals surface area contributed by atoms with E-state index in [0.29, 0.717) is 11.3 Å². The number of benzene rings is 2.